The number of benzene rings is 5. The number of fused-ring (bicyclic) bond motifs is 6. The average Bonchev–Trinajstić information content (AvgIpc) is 3.52. The van der Waals surface area contributed by atoms with Gasteiger partial charge in [-0.05, 0) is 72.3 Å². The first-order valence-corrected chi connectivity index (χ1v) is 13.0. The second kappa shape index (κ2) is 8.51. The molecule has 3 heterocycles. The molecule has 0 atom stereocenters. The Balaban J connectivity index is 1.22. The quantitative estimate of drug-likeness (QED) is 0.232. The monoisotopic (exact) mass is 522 g/mol. The molecule has 0 fully saturated rings. The Bertz CT molecular complexity index is 2140. The van der Waals surface area contributed by atoms with Crippen molar-refractivity contribution in [1.82, 2.24) is 19.5 Å². The van der Waals surface area contributed by atoms with E-state index in [2.05, 4.69) is 81.3 Å². The van der Waals surface area contributed by atoms with E-state index in [-0.39, 0.29) is 5.28 Å². The molecule has 0 saturated carbocycles. The lowest BCUT2D eigenvalue weighted by Gasteiger charge is -2.09. The molecule has 0 aliphatic heterocycles. The van der Waals surface area contributed by atoms with Crippen LogP contribution < -0.4 is 0 Å². The van der Waals surface area contributed by atoms with Gasteiger partial charge in [0.25, 0.3) is 0 Å². The average molecular weight is 523 g/mol. The Labute approximate surface area is 228 Å². The first-order chi connectivity index (χ1) is 19.2. The van der Waals surface area contributed by atoms with Crippen LogP contribution in [0.25, 0.3) is 72.2 Å². The zero-order valence-corrected chi connectivity index (χ0v) is 21.3. The Hall–Kier alpha value is -5.00. The van der Waals surface area contributed by atoms with E-state index in [0.29, 0.717) is 11.6 Å². The van der Waals surface area contributed by atoms with Gasteiger partial charge in [0.15, 0.2) is 11.6 Å². The maximum absolute atomic E-state index is 6.40. The summed E-state index contributed by atoms with van der Waals surface area (Å²) >= 11 is 6.40. The molecule has 5 nitrogen and oxygen atoms in total. The van der Waals surface area contributed by atoms with Crippen LogP contribution in [0.1, 0.15) is 0 Å². The van der Waals surface area contributed by atoms with Gasteiger partial charge in [0, 0.05) is 38.4 Å². The van der Waals surface area contributed by atoms with Crippen LogP contribution in [0.4, 0.5) is 0 Å². The predicted molar refractivity (Wildman–Crippen MR) is 157 cm³/mol. The van der Waals surface area contributed by atoms with Crippen molar-refractivity contribution >= 4 is 55.3 Å². The van der Waals surface area contributed by atoms with Crippen LogP contribution >= 0.6 is 11.6 Å². The zero-order chi connectivity index (χ0) is 25.9. The standard InChI is InChI=1S/C33H19ClN4O/c34-33-36-31(35-32(37-33)21-15-18-30-26(19-21)25-9-3-6-12-29(25)39-30)20-13-16-22(17-14-20)38-27-10-4-1-7-23(27)24-8-2-5-11-28(24)38/h1-19H. The van der Waals surface area contributed by atoms with Crippen molar-refractivity contribution in [2.75, 3.05) is 0 Å². The molecule has 0 aliphatic carbocycles. The fourth-order valence-corrected chi connectivity index (χ4v) is 5.59. The maximum atomic E-state index is 6.40. The van der Waals surface area contributed by atoms with Crippen molar-refractivity contribution in [1.29, 1.82) is 0 Å². The minimum Gasteiger partial charge on any atom is -0.456 e. The molecule has 3 aromatic heterocycles. The number of nitrogens with zero attached hydrogens (tertiary/aromatic N) is 4. The van der Waals surface area contributed by atoms with E-state index >= 15 is 0 Å². The molecule has 39 heavy (non-hydrogen) atoms. The van der Waals surface area contributed by atoms with E-state index in [4.69, 9.17) is 21.0 Å². The van der Waals surface area contributed by atoms with E-state index in [1.54, 1.807) is 0 Å². The molecule has 8 aromatic rings. The minimum absolute atomic E-state index is 0.152. The van der Waals surface area contributed by atoms with E-state index < -0.39 is 0 Å². The summed E-state index contributed by atoms with van der Waals surface area (Å²) in [5.41, 5.74) is 6.77. The molecule has 0 aliphatic rings. The van der Waals surface area contributed by atoms with Crippen LogP contribution in [0.3, 0.4) is 0 Å². The van der Waals surface area contributed by atoms with Gasteiger partial charge in [0.1, 0.15) is 11.2 Å². The summed E-state index contributed by atoms with van der Waals surface area (Å²) < 4.78 is 8.26. The Morgan fingerprint density at radius 3 is 1.79 bits per heavy atom. The lowest BCUT2D eigenvalue weighted by Crippen LogP contribution is -1.98. The number of rotatable bonds is 3. The molecule has 0 spiro atoms. The number of hydrogen-bond donors (Lipinski definition) is 0. The molecule has 0 radical (unpaired) electrons. The third-order valence-electron chi connectivity index (χ3n) is 7.21. The maximum Gasteiger partial charge on any atom is 0.226 e. The van der Waals surface area contributed by atoms with Crippen molar-refractivity contribution < 1.29 is 4.42 Å². The first kappa shape index (κ1) is 22.0. The summed E-state index contributed by atoms with van der Waals surface area (Å²) in [6.45, 7) is 0. The molecular weight excluding hydrogens is 504 g/mol. The molecular formula is C33H19ClN4O. The highest BCUT2D eigenvalue weighted by atomic mass is 35.5. The van der Waals surface area contributed by atoms with Crippen LogP contribution in [0, 0.1) is 0 Å². The fraction of sp³-hybridized carbons (Fsp3) is 0. The van der Waals surface area contributed by atoms with Crippen LogP contribution in [0.15, 0.2) is 120 Å². The Morgan fingerprint density at radius 2 is 1.08 bits per heavy atom. The number of furan rings is 1. The zero-order valence-electron chi connectivity index (χ0n) is 20.5. The summed E-state index contributed by atoms with van der Waals surface area (Å²) in [5.74, 6) is 1.04. The molecule has 0 unspecified atom stereocenters. The van der Waals surface area contributed by atoms with Gasteiger partial charge >= 0.3 is 0 Å². The second-order valence-corrected chi connectivity index (χ2v) is 9.82. The van der Waals surface area contributed by atoms with Crippen molar-refractivity contribution in [3.05, 3.63) is 121 Å². The smallest absolute Gasteiger partial charge is 0.226 e. The van der Waals surface area contributed by atoms with Crippen LogP contribution in [-0.4, -0.2) is 19.5 Å². The van der Waals surface area contributed by atoms with Crippen molar-refractivity contribution in [2.45, 2.75) is 0 Å². The SMILES string of the molecule is Clc1nc(-c2ccc(-n3c4ccccc4c4ccccc43)cc2)nc(-c2ccc3oc4ccccc4c3c2)n1. The number of aromatic nitrogens is 4. The van der Waals surface area contributed by atoms with E-state index in [1.807, 2.05) is 48.5 Å². The molecule has 0 N–H and O–H groups in total. The lowest BCUT2D eigenvalue weighted by molar-refractivity contribution is 0.669. The Kier molecular flexibility index (Phi) is 4.81. The van der Waals surface area contributed by atoms with Crippen molar-refractivity contribution in [3.8, 4) is 28.5 Å². The molecule has 184 valence electrons. The third kappa shape index (κ3) is 3.51. The largest absolute Gasteiger partial charge is 0.456 e. The summed E-state index contributed by atoms with van der Waals surface area (Å²) in [6.07, 6.45) is 0. The summed E-state index contributed by atoms with van der Waals surface area (Å²) in [4.78, 5) is 13.7. The van der Waals surface area contributed by atoms with Gasteiger partial charge in [-0.15, -0.1) is 0 Å². The van der Waals surface area contributed by atoms with Gasteiger partial charge in [-0.3, -0.25) is 0 Å². The normalized spacial score (nSPS) is 11.7. The number of hydrogen-bond acceptors (Lipinski definition) is 4. The van der Waals surface area contributed by atoms with E-state index in [1.165, 1.54) is 21.8 Å². The topological polar surface area (TPSA) is 56.7 Å². The van der Waals surface area contributed by atoms with Crippen molar-refractivity contribution in [3.63, 3.8) is 0 Å². The van der Waals surface area contributed by atoms with Gasteiger partial charge in [-0.1, -0.05) is 54.6 Å². The predicted octanol–water partition coefficient (Wildman–Crippen LogP) is 8.86. The molecule has 0 amide bonds. The fourth-order valence-electron chi connectivity index (χ4n) is 5.43. The minimum atomic E-state index is 0.152. The lowest BCUT2D eigenvalue weighted by atomic mass is 10.1. The highest BCUT2D eigenvalue weighted by Gasteiger charge is 2.14. The summed E-state index contributed by atoms with van der Waals surface area (Å²) in [6, 6.07) is 39.1. The third-order valence-corrected chi connectivity index (χ3v) is 7.38. The summed E-state index contributed by atoms with van der Waals surface area (Å²) in [7, 11) is 0. The van der Waals surface area contributed by atoms with Gasteiger partial charge in [-0.2, -0.15) is 9.97 Å². The molecule has 5 aromatic carbocycles. The second-order valence-electron chi connectivity index (χ2n) is 9.48. The Morgan fingerprint density at radius 1 is 0.513 bits per heavy atom. The van der Waals surface area contributed by atoms with Crippen LogP contribution in [-0.2, 0) is 0 Å². The van der Waals surface area contributed by atoms with Crippen LogP contribution in [0.5, 0.6) is 0 Å². The van der Waals surface area contributed by atoms with Crippen molar-refractivity contribution in [2.24, 2.45) is 0 Å². The highest BCUT2D eigenvalue weighted by Crippen LogP contribution is 2.34. The molecule has 8 rings (SSSR count). The molecule has 0 bridgehead atoms. The van der Waals surface area contributed by atoms with Gasteiger partial charge in [0.2, 0.25) is 5.28 Å². The van der Waals surface area contributed by atoms with E-state index in [0.717, 1.165) is 38.8 Å². The van der Waals surface area contributed by atoms with Crippen LogP contribution in [0.2, 0.25) is 5.28 Å². The summed E-state index contributed by atoms with van der Waals surface area (Å²) in [5, 5.41) is 4.67. The molecule has 0 saturated heterocycles. The highest BCUT2D eigenvalue weighted by molar-refractivity contribution is 6.28. The first-order valence-electron chi connectivity index (χ1n) is 12.7. The number of para-hydroxylation sites is 3. The van der Waals surface area contributed by atoms with E-state index in [9.17, 15) is 0 Å². The number of halogens is 1. The van der Waals surface area contributed by atoms with Gasteiger partial charge < -0.3 is 8.98 Å². The van der Waals surface area contributed by atoms with Gasteiger partial charge in [-0.25, -0.2) is 4.98 Å². The van der Waals surface area contributed by atoms with Gasteiger partial charge in [0.05, 0.1) is 11.0 Å². The molecule has 6 heteroatoms.